The first-order valence-corrected chi connectivity index (χ1v) is 10.8. The van der Waals surface area contributed by atoms with Crippen LogP contribution < -0.4 is 10.0 Å². The number of carbonyl (C=O) groups excluding carboxylic acids is 1. The highest BCUT2D eigenvalue weighted by molar-refractivity contribution is 7.89. The maximum absolute atomic E-state index is 12.8. The molecule has 0 aliphatic carbocycles. The third-order valence-corrected chi connectivity index (χ3v) is 6.98. The summed E-state index contributed by atoms with van der Waals surface area (Å²) in [6.07, 6.45) is 0.950. The average Bonchev–Trinajstić information content (AvgIpc) is 3.12. The number of nitrogens with one attached hydrogen (secondary N) is 3. The van der Waals surface area contributed by atoms with E-state index in [2.05, 4.69) is 41.0 Å². The second-order valence-corrected chi connectivity index (χ2v) is 10.2. The number of anilines is 1. The van der Waals surface area contributed by atoms with Crippen molar-refractivity contribution in [3.8, 4) is 0 Å². The van der Waals surface area contributed by atoms with Gasteiger partial charge in [-0.05, 0) is 18.2 Å². The van der Waals surface area contributed by atoms with Crippen LogP contribution in [0.3, 0.4) is 0 Å². The molecule has 3 N–H and O–H groups in total. The van der Waals surface area contributed by atoms with Crippen LogP contribution in [-0.2, 0) is 15.4 Å². The summed E-state index contributed by atoms with van der Waals surface area (Å²) in [7, 11) is -3.59. The van der Waals surface area contributed by atoms with Crippen LogP contribution in [0.2, 0.25) is 0 Å². The molecule has 2 aliphatic heterocycles. The minimum Gasteiger partial charge on any atom is -0.365 e. The normalized spacial score (nSPS) is 20.5. The number of nitrogens with zero attached hydrogens (tertiary/aromatic N) is 2. The van der Waals surface area contributed by atoms with Gasteiger partial charge >= 0.3 is 0 Å². The number of aromatic nitrogens is 2. The van der Waals surface area contributed by atoms with E-state index in [-0.39, 0.29) is 16.2 Å². The monoisotopic (exact) mass is 403 g/mol. The minimum atomic E-state index is -3.59. The molecule has 1 saturated heterocycles. The zero-order valence-corrected chi connectivity index (χ0v) is 17.1. The fraction of sp³-hybridized carbons (Fsp3) is 0.474. The summed E-state index contributed by atoms with van der Waals surface area (Å²) in [6, 6.07) is 8.66. The van der Waals surface area contributed by atoms with E-state index in [4.69, 9.17) is 0 Å². The van der Waals surface area contributed by atoms with Gasteiger partial charge in [0.05, 0.1) is 5.69 Å². The Morgan fingerprint density at radius 1 is 1.18 bits per heavy atom. The SMILES string of the molecule is CC(C)(C)c1cc(C(=O)N2CCC3(CC2)Nc2ccccc2S(=O)(=O)N3)n[nH]1. The van der Waals surface area contributed by atoms with Crippen molar-refractivity contribution in [2.24, 2.45) is 0 Å². The van der Waals surface area contributed by atoms with Crippen molar-refractivity contribution < 1.29 is 13.2 Å². The molecule has 2 aromatic rings. The van der Waals surface area contributed by atoms with E-state index in [0.29, 0.717) is 37.3 Å². The van der Waals surface area contributed by atoms with Gasteiger partial charge in [0, 0.05) is 37.0 Å². The molecule has 0 bridgehead atoms. The second kappa shape index (κ2) is 6.31. The fourth-order valence-corrected chi connectivity index (χ4v) is 5.24. The van der Waals surface area contributed by atoms with Gasteiger partial charge in [-0.25, -0.2) is 8.42 Å². The van der Waals surface area contributed by atoms with Crippen molar-refractivity contribution in [1.82, 2.24) is 19.8 Å². The molecule has 1 aromatic heterocycles. The minimum absolute atomic E-state index is 0.116. The first-order valence-electron chi connectivity index (χ1n) is 9.36. The lowest BCUT2D eigenvalue weighted by atomic mass is 9.92. The number of H-pyrrole nitrogens is 1. The van der Waals surface area contributed by atoms with Crippen molar-refractivity contribution in [3.63, 3.8) is 0 Å². The van der Waals surface area contributed by atoms with E-state index in [1.54, 1.807) is 29.2 Å². The van der Waals surface area contributed by atoms with Crippen molar-refractivity contribution in [3.05, 3.63) is 41.7 Å². The number of carbonyl (C=O) groups is 1. The lowest BCUT2D eigenvalue weighted by molar-refractivity contribution is 0.0670. The Morgan fingerprint density at radius 2 is 1.86 bits per heavy atom. The van der Waals surface area contributed by atoms with Crippen molar-refractivity contribution in [1.29, 1.82) is 0 Å². The smallest absolute Gasteiger partial charge is 0.274 e. The molecule has 1 fully saturated rings. The largest absolute Gasteiger partial charge is 0.365 e. The van der Waals surface area contributed by atoms with Gasteiger partial charge in [-0.2, -0.15) is 9.82 Å². The zero-order chi connectivity index (χ0) is 20.2. The maximum atomic E-state index is 12.8. The number of hydrogen-bond donors (Lipinski definition) is 3. The van der Waals surface area contributed by atoms with Crippen LogP contribution in [0.1, 0.15) is 49.8 Å². The van der Waals surface area contributed by atoms with E-state index in [1.807, 2.05) is 6.07 Å². The summed E-state index contributed by atoms with van der Waals surface area (Å²) in [5.74, 6) is -0.138. The van der Waals surface area contributed by atoms with E-state index in [9.17, 15) is 13.2 Å². The van der Waals surface area contributed by atoms with Crippen LogP contribution in [0, 0.1) is 0 Å². The number of aromatic amines is 1. The van der Waals surface area contributed by atoms with E-state index in [1.165, 1.54) is 0 Å². The van der Waals surface area contributed by atoms with Crippen LogP contribution in [0.25, 0.3) is 0 Å². The van der Waals surface area contributed by atoms with E-state index < -0.39 is 15.7 Å². The highest BCUT2D eigenvalue weighted by Crippen LogP contribution is 2.35. The molecule has 1 amide bonds. The fourth-order valence-electron chi connectivity index (χ4n) is 3.70. The van der Waals surface area contributed by atoms with Gasteiger partial charge in [0.25, 0.3) is 5.91 Å². The molecule has 1 spiro atoms. The predicted molar refractivity (Wildman–Crippen MR) is 106 cm³/mol. The molecule has 8 nitrogen and oxygen atoms in total. The highest BCUT2D eigenvalue weighted by atomic mass is 32.2. The van der Waals surface area contributed by atoms with Crippen molar-refractivity contribution >= 4 is 21.6 Å². The summed E-state index contributed by atoms with van der Waals surface area (Å²) in [6.45, 7) is 7.04. The Hall–Kier alpha value is -2.39. The molecule has 0 radical (unpaired) electrons. The predicted octanol–water partition coefficient (Wildman–Crippen LogP) is 2.04. The van der Waals surface area contributed by atoms with Crippen molar-refractivity contribution in [2.75, 3.05) is 18.4 Å². The summed E-state index contributed by atoms with van der Waals surface area (Å²) >= 11 is 0. The molecule has 28 heavy (non-hydrogen) atoms. The number of amides is 1. The first kappa shape index (κ1) is 18.9. The van der Waals surface area contributed by atoms with Gasteiger partial charge < -0.3 is 10.2 Å². The van der Waals surface area contributed by atoms with Gasteiger partial charge in [-0.15, -0.1) is 0 Å². The highest BCUT2D eigenvalue weighted by Gasteiger charge is 2.44. The van der Waals surface area contributed by atoms with Crippen molar-refractivity contribution in [2.45, 2.75) is 49.6 Å². The summed E-state index contributed by atoms with van der Waals surface area (Å²) in [5, 5.41) is 10.5. The number of rotatable bonds is 1. The summed E-state index contributed by atoms with van der Waals surface area (Å²) < 4.78 is 28.1. The van der Waals surface area contributed by atoms with Crippen LogP contribution >= 0.6 is 0 Å². The third kappa shape index (κ3) is 3.29. The number of benzene rings is 1. The van der Waals surface area contributed by atoms with Gasteiger partial charge in [0.15, 0.2) is 0 Å². The Labute approximate surface area is 164 Å². The first-order chi connectivity index (χ1) is 13.1. The Balaban J connectivity index is 1.49. The van der Waals surface area contributed by atoms with E-state index >= 15 is 0 Å². The molecule has 9 heteroatoms. The van der Waals surface area contributed by atoms with Crippen LogP contribution in [0.5, 0.6) is 0 Å². The lowest BCUT2D eigenvalue weighted by Crippen LogP contribution is -2.62. The van der Waals surface area contributed by atoms with Gasteiger partial charge in [-0.3, -0.25) is 9.89 Å². The number of likely N-dealkylation sites (tertiary alicyclic amines) is 1. The topological polar surface area (TPSA) is 107 Å². The number of fused-ring (bicyclic) bond motifs is 1. The number of piperidine rings is 1. The second-order valence-electron chi connectivity index (χ2n) is 8.52. The van der Waals surface area contributed by atoms with Gasteiger partial charge in [0.1, 0.15) is 16.3 Å². The van der Waals surface area contributed by atoms with Crippen LogP contribution in [0.4, 0.5) is 5.69 Å². The van der Waals surface area contributed by atoms with Crippen LogP contribution in [-0.4, -0.2) is 48.2 Å². The molecule has 0 unspecified atom stereocenters. The lowest BCUT2D eigenvalue weighted by Gasteiger charge is -2.45. The van der Waals surface area contributed by atoms with Gasteiger partial charge in [-0.1, -0.05) is 32.9 Å². The number of sulfonamides is 1. The molecule has 2 aliphatic rings. The molecular weight excluding hydrogens is 378 g/mol. The molecule has 0 atom stereocenters. The Bertz CT molecular complexity index is 1010. The third-order valence-electron chi connectivity index (χ3n) is 5.39. The van der Waals surface area contributed by atoms with E-state index in [0.717, 1.165) is 5.69 Å². The molecule has 0 saturated carbocycles. The quantitative estimate of drug-likeness (QED) is 0.675. The summed E-state index contributed by atoms with van der Waals surface area (Å²) in [5.41, 5.74) is 1.01. The molecule has 4 rings (SSSR count). The Morgan fingerprint density at radius 3 is 2.50 bits per heavy atom. The Kier molecular flexibility index (Phi) is 4.27. The molecule has 3 heterocycles. The molecule has 1 aromatic carbocycles. The summed E-state index contributed by atoms with van der Waals surface area (Å²) in [4.78, 5) is 14.8. The molecule has 150 valence electrons. The molecular formula is C19H25N5O3S. The van der Waals surface area contributed by atoms with Gasteiger partial charge in [0.2, 0.25) is 10.0 Å². The number of hydrogen-bond acceptors (Lipinski definition) is 5. The van der Waals surface area contributed by atoms with Crippen LogP contribution in [0.15, 0.2) is 35.2 Å². The number of para-hydroxylation sites is 1. The average molecular weight is 404 g/mol. The standard InChI is InChI=1S/C19H25N5O3S/c1-18(2,3)16-12-14(21-22-16)17(25)24-10-8-19(9-11-24)20-13-6-4-5-7-15(13)28(26,27)23-19/h4-7,12,20,23H,8-11H2,1-3H3,(H,21,22). The zero-order valence-electron chi connectivity index (χ0n) is 16.2. The maximum Gasteiger partial charge on any atom is 0.274 e.